The van der Waals surface area contributed by atoms with Gasteiger partial charge in [-0.25, -0.2) is 8.42 Å². The van der Waals surface area contributed by atoms with E-state index in [9.17, 15) is 8.42 Å². The number of hydrogen-bond donors (Lipinski definition) is 2. The fraction of sp³-hybridized carbons (Fsp3) is 0.692. The maximum atomic E-state index is 12.6. The van der Waals surface area contributed by atoms with Crippen molar-refractivity contribution in [2.45, 2.75) is 50.1 Å². The van der Waals surface area contributed by atoms with E-state index in [4.69, 9.17) is 0 Å². The molecule has 1 aromatic rings. The molecule has 19 heavy (non-hydrogen) atoms. The number of hydrogen-bond acceptors (Lipinski definition) is 3. The highest BCUT2D eigenvalue weighted by Gasteiger charge is 2.30. The van der Waals surface area contributed by atoms with Crippen LogP contribution in [0.3, 0.4) is 0 Å². The average Bonchev–Trinajstić information content (AvgIpc) is 2.91. The molecular formula is C13H23N3O2S. The van der Waals surface area contributed by atoms with Crippen molar-refractivity contribution in [1.29, 1.82) is 0 Å². The van der Waals surface area contributed by atoms with Crippen LogP contribution in [0.5, 0.6) is 0 Å². The second kappa shape index (κ2) is 6.07. The number of rotatable bonds is 5. The molecule has 0 aromatic carbocycles. The minimum atomic E-state index is -3.39. The second-order valence-electron chi connectivity index (χ2n) is 5.36. The molecule has 1 fully saturated rings. The number of piperidine rings is 1. The Labute approximate surface area is 115 Å². The molecule has 6 heteroatoms. The van der Waals surface area contributed by atoms with Crippen LogP contribution >= 0.6 is 0 Å². The van der Waals surface area contributed by atoms with Crippen LogP contribution in [-0.2, 0) is 10.0 Å². The minimum absolute atomic E-state index is 0.0383. The van der Waals surface area contributed by atoms with Crippen LogP contribution in [0.1, 0.15) is 33.1 Å². The van der Waals surface area contributed by atoms with Crippen molar-refractivity contribution in [3.63, 3.8) is 0 Å². The zero-order valence-electron chi connectivity index (χ0n) is 11.6. The van der Waals surface area contributed by atoms with Gasteiger partial charge in [-0.15, -0.1) is 0 Å². The first-order chi connectivity index (χ1) is 9.01. The summed E-state index contributed by atoms with van der Waals surface area (Å²) in [6, 6.07) is 1.84. The summed E-state index contributed by atoms with van der Waals surface area (Å²) in [4.78, 5) is 3.16. The second-order valence-corrected chi connectivity index (χ2v) is 7.25. The van der Waals surface area contributed by atoms with Crippen LogP contribution < -0.4 is 5.32 Å². The molecule has 108 valence electrons. The molecule has 0 aliphatic carbocycles. The van der Waals surface area contributed by atoms with Gasteiger partial charge in [0.25, 0.3) is 0 Å². The predicted octanol–water partition coefficient (Wildman–Crippen LogP) is 1.56. The van der Waals surface area contributed by atoms with Crippen molar-refractivity contribution in [2.75, 3.05) is 13.1 Å². The van der Waals surface area contributed by atoms with Crippen LogP contribution in [0, 0.1) is 0 Å². The molecule has 0 saturated carbocycles. The molecule has 0 radical (unpaired) electrons. The van der Waals surface area contributed by atoms with Crippen molar-refractivity contribution in [3.8, 4) is 0 Å². The third kappa shape index (κ3) is 3.38. The lowest BCUT2D eigenvalue weighted by atomic mass is 10.1. The lowest BCUT2D eigenvalue weighted by molar-refractivity contribution is 0.282. The van der Waals surface area contributed by atoms with Crippen molar-refractivity contribution < 1.29 is 8.42 Å². The van der Waals surface area contributed by atoms with Gasteiger partial charge in [-0.2, -0.15) is 4.31 Å². The molecule has 0 bridgehead atoms. The van der Waals surface area contributed by atoms with Gasteiger partial charge in [0.15, 0.2) is 0 Å². The Morgan fingerprint density at radius 1 is 1.42 bits per heavy atom. The zero-order valence-corrected chi connectivity index (χ0v) is 12.4. The highest BCUT2D eigenvalue weighted by molar-refractivity contribution is 7.89. The van der Waals surface area contributed by atoms with Gasteiger partial charge in [0.1, 0.15) is 0 Å². The Morgan fingerprint density at radius 2 is 2.21 bits per heavy atom. The van der Waals surface area contributed by atoms with Gasteiger partial charge in [0.05, 0.1) is 4.90 Å². The van der Waals surface area contributed by atoms with Crippen molar-refractivity contribution in [1.82, 2.24) is 14.6 Å². The topological polar surface area (TPSA) is 65.2 Å². The molecule has 1 atom stereocenters. The van der Waals surface area contributed by atoms with E-state index in [2.05, 4.69) is 10.3 Å². The number of aromatic amines is 1. The summed E-state index contributed by atoms with van der Waals surface area (Å²) < 4.78 is 26.8. The number of H-pyrrole nitrogens is 1. The van der Waals surface area contributed by atoms with Crippen molar-refractivity contribution in [2.24, 2.45) is 0 Å². The highest BCUT2D eigenvalue weighted by atomic mass is 32.2. The SMILES string of the molecule is CC(C)N(CC1CCCCN1)S(=O)(=O)c1cc[nH]c1. The summed E-state index contributed by atoms with van der Waals surface area (Å²) in [5, 5.41) is 3.41. The van der Waals surface area contributed by atoms with E-state index in [1.54, 1.807) is 22.8 Å². The van der Waals surface area contributed by atoms with Crippen LogP contribution in [0.4, 0.5) is 0 Å². The van der Waals surface area contributed by atoms with E-state index in [-0.39, 0.29) is 12.1 Å². The molecule has 1 aliphatic rings. The first-order valence-corrected chi connectivity index (χ1v) is 8.34. The molecular weight excluding hydrogens is 262 g/mol. The normalized spacial score (nSPS) is 21.2. The van der Waals surface area contributed by atoms with Gasteiger partial charge in [-0.3, -0.25) is 0 Å². The maximum absolute atomic E-state index is 12.6. The fourth-order valence-electron chi connectivity index (χ4n) is 2.49. The summed E-state index contributed by atoms with van der Waals surface area (Å²) in [5.74, 6) is 0. The van der Waals surface area contributed by atoms with E-state index in [1.165, 1.54) is 12.8 Å². The fourth-order valence-corrected chi connectivity index (χ4v) is 4.15. The van der Waals surface area contributed by atoms with E-state index in [0.29, 0.717) is 11.4 Å². The first kappa shape index (κ1) is 14.6. The molecule has 1 aromatic heterocycles. The van der Waals surface area contributed by atoms with Crippen LogP contribution in [-0.4, -0.2) is 42.9 Å². The molecule has 1 saturated heterocycles. The molecule has 2 heterocycles. The molecule has 2 N–H and O–H groups in total. The van der Waals surface area contributed by atoms with Crippen molar-refractivity contribution >= 4 is 10.0 Å². The number of nitrogens with one attached hydrogen (secondary N) is 2. The summed E-state index contributed by atoms with van der Waals surface area (Å²) in [6.07, 6.45) is 6.59. The minimum Gasteiger partial charge on any atom is -0.366 e. The van der Waals surface area contributed by atoms with Gasteiger partial charge < -0.3 is 10.3 Å². The van der Waals surface area contributed by atoms with E-state index < -0.39 is 10.0 Å². The summed E-state index contributed by atoms with van der Waals surface area (Å²) in [7, 11) is -3.39. The largest absolute Gasteiger partial charge is 0.366 e. The highest BCUT2D eigenvalue weighted by Crippen LogP contribution is 2.19. The van der Waals surface area contributed by atoms with Crippen molar-refractivity contribution in [3.05, 3.63) is 18.5 Å². The molecule has 1 unspecified atom stereocenters. The Bertz CT molecular complexity index is 476. The summed E-state index contributed by atoms with van der Waals surface area (Å²) in [5.41, 5.74) is 0. The Kier molecular flexibility index (Phi) is 4.65. The molecule has 2 rings (SSSR count). The monoisotopic (exact) mass is 285 g/mol. The third-order valence-corrected chi connectivity index (χ3v) is 5.60. The molecule has 0 spiro atoms. The average molecular weight is 285 g/mol. The smallest absolute Gasteiger partial charge is 0.244 e. The molecule has 1 aliphatic heterocycles. The number of nitrogens with zero attached hydrogens (tertiary/aromatic N) is 1. The quantitative estimate of drug-likeness (QED) is 0.863. The van der Waals surface area contributed by atoms with Gasteiger partial charge in [-0.05, 0) is 39.3 Å². The predicted molar refractivity (Wildman–Crippen MR) is 75.5 cm³/mol. The molecule has 5 nitrogen and oxygen atoms in total. The van der Waals surface area contributed by atoms with Crippen LogP contribution in [0.25, 0.3) is 0 Å². The van der Waals surface area contributed by atoms with E-state index >= 15 is 0 Å². The Hall–Kier alpha value is -0.850. The van der Waals surface area contributed by atoms with Gasteiger partial charge in [0, 0.05) is 31.0 Å². The number of sulfonamides is 1. The van der Waals surface area contributed by atoms with Gasteiger partial charge >= 0.3 is 0 Å². The summed E-state index contributed by atoms with van der Waals surface area (Å²) >= 11 is 0. The molecule has 0 amide bonds. The van der Waals surface area contributed by atoms with Crippen LogP contribution in [0.2, 0.25) is 0 Å². The maximum Gasteiger partial charge on any atom is 0.244 e. The lowest BCUT2D eigenvalue weighted by Gasteiger charge is -2.32. The third-order valence-electron chi connectivity index (χ3n) is 3.56. The van der Waals surface area contributed by atoms with E-state index in [1.807, 2.05) is 13.8 Å². The van der Waals surface area contributed by atoms with Gasteiger partial charge in [0.2, 0.25) is 10.0 Å². The first-order valence-electron chi connectivity index (χ1n) is 6.90. The summed E-state index contributed by atoms with van der Waals surface area (Å²) in [6.45, 7) is 5.38. The standard InChI is InChI=1S/C13H23N3O2S/c1-11(2)16(10-12-5-3-4-7-15-12)19(17,18)13-6-8-14-9-13/h6,8-9,11-12,14-15H,3-5,7,10H2,1-2H3. The Morgan fingerprint density at radius 3 is 2.74 bits per heavy atom. The van der Waals surface area contributed by atoms with Gasteiger partial charge in [-0.1, -0.05) is 6.42 Å². The van der Waals surface area contributed by atoms with E-state index in [0.717, 1.165) is 13.0 Å². The number of aromatic nitrogens is 1. The zero-order chi connectivity index (χ0) is 13.9. The van der Waals surface area contributed by atoms with Crippen LogP contribution in [0.15, 0.2) is 23.4 Å². The Balaban J connectivity index is 2.15. The lowest BCUT2D eigenvalue weighted by Crippen LogP contribution is -2.48.